The van der Waals surface area contributed by atoms with Crippen LogP contribution in [0.25, 0.3) is 0 Å². The summed E-state index contributed by atoms with van der Waals surface area (Å²) in [5, 5.41) is 11.6. The molecule has 0 bridgehead atoms. The molecule has 166 valence electrons. The number of hydrogen-bond donors (Lipinski definition) is 1. The summed E-state index contributed by atoms with van der Waals surface area (Å²) in [5.41, 5.74) is 7.43. The summed E-state index contributed by atoms with van der Waals surface area (Å²) in [6.07, 6.45) is 0.289. The summed E-state index contributed by atoms with van der Waals surface area (Å²) in [7, 11) is 0. The number of nitrogens with two attached hydrogens (primary N) is 1. The van der Waals surface area contributed by atoms with Gasteiger partial charge in [0.25, 0.3) is 0 Å². The zero-order valence-corrected chi connectivity index (χ0v) is 17.7. The average Bonchev–Trinajstić information content (AvgIpc) is 3.23. The molecule has 1 aliphatic heterocycles. The molecular formula is C22H24FN7O2. The zero-order valence-electron chi connectivity index (χ0n) is 17.7. The SMILES string of the molecule is Cc1nnnn1C(Cc1cccc(F)c1)C(=O)N1CCN(c2ccc(C(N)=O)cc2)CC1. The molecule has 10 heteroatoms. The van der Waals surface area contributed by atoms with Crippen LogP contribution in [0, 0.1) is 12.7 Å². The summed E-state index contributed by atoms with van der Waals surface area (Å²) >= 11 is 0. The van der Waals surface area contributed by atoms with Crippen LogP contribution in [0.5, 0.6) is 0 Å². The lowest BCUT2D eigenvalue weighted by Gasteiger charge is -2.37. The Labute approximate surface area is 184 Å². The fourth-order valence-corrected chi connectivity index (χ4v) is 3.92. The topological polar surface area (TPSA) is 110 Å². The van der Waals surface area contributed by atoms with Crippen LogP contribution in [0.4, 0.5) is 10.1 Å². The average molecular weight is 437 g/mol. The highest BCUT2D eigenvalue weighted by molar-refractivity contribution is 5.93. The van der Waals surface area contributed by atoms with Gasteiger partial charge < -0.3 is 15.5 Å². The van der Waals surface area contributed by atoms with Crippen molar-refractivity contribution in [2.24, 2.45) is 5.73 Å². The molecule has 0 spiro atoms. The Balaban J connectivity index is 1.47. The number of tetrazole rings is 1. The number of piperazine rings is 1. The van der Waals surface area contributed by atoms with Crippen LogP contribution in [0.3, 0.4) is 0 Å². The first-order valence-electron chi connectivity index (χ1n) is 10.3. The minimum absolute atomic E-state index is 0.103. The molecule has 2 amide bonds. The normalized spacial score (nSPS) is 14.9. The number of halogens is 1. The predicted octanol–water partition coefficient (Wildman–Crippen LogP) is 1.35. The first-order valence-corrected chi connectivity index (χ1v) is 10.3. The van der Waals surface area contributed by atoms with Crippen molar-refractivity contribution in [2.45, 2.75) is 19.4 Å². The van der Waals surface area contributed by atoms with E-state index in [1.807, 2.05) is 12.1 Å². The van der Waals surface area contributed by atoms with E-state index in [9.17, 15) is 14.0 Å². The second-order valence-electron chi connectivity index (χ2n) is 7.74. The minimum atomic E-state index is -0.659. The zero-order chi connectivity index (χ0) is 22.7. The molecule has 1 fully saturated rings. The number of nitrogens with zero attached hydrogens (tertiary/aromatic N) is 6. The molecule has 1 saturated heterocycles. The fourth-order valence-electron chi connectivity index (χ4n) is 3.92. The molecular weight excluding hydrogens is 413 g/mol. The number of carbonyl (C=O) groups excluding carboxylic acids is 2. The lowest BCUT2D eigenvalue weighted by molar-refractivity contribution is -0.135. The summed E-state index contributed by atoms with van der Waals surface area (Å²) in [4.78, 5) is 28.7. The molecule has 0 saturated carbocycles. The van der Waals surface area contributed by atoms with Gasteiger partial charge in [0, 0.05) is 43.9 Å². The summed E-state index contributed by atoms with van der Waals surface area (Å²) in [6.45, 7) is 4.07. The molecule has 1 aromatic heterocycles. The number of rotatable bonds is 6. The van der Waals surface area contributed by atoms with Crippen LogP contribution < -0.4 is 10.6 Å². The number of amides is 2. The van der Waals surface area contributed by atoms with Gasteiger partial charge >= 0.3 is 0 Å². The van der Waals surface area contributed by atoms with E-state index in [1.54, 1.807) is 36.1 Å². The molecule has 32 heavy (non-hydrogen) atoms. The first-order chi connectivity index (χ1) is 15.4. The first kappa shape index (κ1) is 21.4. The summed E-state index contributed by atoms with van der Waals surface area (Å²) < 4.78 is 15.2. The van der Waals surface area contributed by atoms with Gasteiger partial charge in [-0.1, -0.05) is 12.1 Å². The number of carbonyl (C=O) groups is 2. The number of aryl methyl sites for hydroxylation is 1. The third kappa shape index (κ3) is 4.58. The van der Waals surface area contributed by atoms with Crippen molar-refractivity contribution in [3.05, 3.63) is 71.3 Å². The number of benzene rings is 2. The number of anilines is 1. The highest BCUT2D eigenvalue weighted by Gasteiger charge is 2.31. The van der Waals surface area contributed by atoms with E-state index in [4.69, 9.17) is 5.73 Å². The van der Waals surface area contributed by atoms with Gasteiger partial charge in [0.05, 0.1) is 0 Å². The van der Waals surface area contributed by atoms with E-state index in [0.29, 0.717) is 43.1 Å². The van der Waals surface area contributed by atoms with Crippen LogP contribution in [-0.4, -0.2) is 63.1 Å². The number of hydrogen-bond acceptors (Lipinski definition) is 6. The molecule has 1 aliphatic rings. The van der Waals surface area contributed by atoms with Crippen molar-refractivity contribution in [3.63, 3.8) is 0 Å². The van der Waals surface area contributed by atoms with Crippen LogP contribution in [0.15, 0.2) is 48.5 Å². The van der Waals surface area contributed by atoms with Gasteiger partial charge in [0.15, 0.2) is 0 Å². The molecule has 2 heterocycles. The van der Waals surface area contributed by atoms with E-state index in [2.05, 4.69) is 20.4 Å². The van der Waals surface area contributed by atoms with E-state index in [0.717, 1.165) is 5.69 Å². The Morgan fingerprint density at radius 2 is 1.81 bits per heavy atom. The predicted molar refractivity (Wildman–Crippen MR) is 115 cm³/mol. The monoisotopic (exact) mass is 437 g/mol. The van der Waals surface area contributed by atoms with Crippen molar-refractivity contribution in [1.82, 2.24) is 25.1 Å². The van der Waals surface area contributed by atoms with Crippen molar-refractivity contribution in [1.29, 1.82) is 0 Å². The molecule has 3 aromatic rings. The molecule has 1 atom stereocenters. The third-order valence-electron chi connectivity index (χ3n) is 5.66. The third-order valence-corrected chi connectivity index (χ3v) is 5.66. The van der Waals surface area contributed by atoms with Gasteiger partial charge in [0.1, 0.15) is 17.7 Å². The van der Waals surface area contributed by atoms with E-state index in [1.165, 1.54) is 16.8 Å². The summed E-state index contributed by atoms with van der Waals surface area (Å²) in [5.74, 6) is -0.395. The van der Waals surface area contributed by atoms with Crippen LogP contribution in [-0.2, 0) is 11.2 Å². The van der Waals surface area contributed by atoms with E-state index >= 15 is 0 Å². The van der Waals surface area contributed by atoms with E-state index < -0.39 is 11.9 Å². The van der Waals surface area contributed by atoms with E-state index in [-0.39, 0.29) is 18.1 Å². The maximum absolute atomic E-state index is 13.7. The fraction of sp³-hybridized carbons (Fsp3) is 0.318. The van der Waals surface area contributed by atoms with Crippen LogP contribution in [0.2, 0.25) is 0 Å². The quantitative estimate of drug-likeness (QED) is 0.623. The standard InChI is InChI=1S/C22H24FN7O2/c1-15-25-26-27-30(15)20(14-16-3-2-4-18(23)13-16)22(32)29-11-9-28(10-12-29)19-7-5-17(6-8-19)21(24)31/h2-8,13,20H,9-12,14H2,1H3,(H2,24,31). The van der Waals surface area contributed by atoms with Crippen molar-refractivity contribution in [3.8, 4) is 0 Å². The van der Waals surface area contributed by atoms with Gasteiger partial charge in [-0.25, -0.2) is 9.07 Å². The molecule has 0 radical (unpaired) electrons. The smallest absolute Gasteiger partial charge is 0.248 e. The lowest BCUT2D eigenvalue weighted by atomic mass is 10.0. The molecule has 1 unspecified atom stereocenters. The van der Waals surface area contributed by atoms with Gasteiger partial charge in [-0.15, -0.1) is 5.10 Å². The number of aromatic nitrogens is 4. The van der Waals surface area contributed by atoms with Crippen molar-refractivity contribution >= 4 is 17.5 Å². The largest absolute Gasteiger partial charge is 0.368 e. The Morgan fingerprint density at radius 1 is 1.09 bits per heavy atom. The van der Waals surface area contributed by atoms with Gasteiger partial charge in [-0.2, -0.15) is 0 Å². The van der Waals surface area contributed by atoms with Crippen LogP contribution in [0.1, 0.15) is 27.8 Å². The Kier molecular flexibility index (Phi) is 6.11. The number of primary amides is 1. The second-order valence-corrected chi connectivity index (χ2v) is 7.74. The maximum atomic E-state index is 13.7. The van der Waals surface area contributed by atoms with Crippen LogP contribution >= 0.6 is 0 Å². The minimum Gasteiger partial charge on any atom is -0.368 e. The van der Waals surface area contributed by atoms with Gasteiger partial charge in [-0.05, 0) is 59.3 Å². The summed E-state index contributed by atoms with van der Waals surface area (Å²) in [6, 6.07) is 12.7. The molecule has 9 nitrogen and oxygen atoms in total. The Hall–Kier alpha value is -3.82. The molecule has 4 rings (SSSR count). The van der Waals surface area contributed by atoms with Crippen molar-refractivity contribution in [2.75, 3.05) is 31.1 Å². The molecule has 2 aromatic carbocycles. The van der Waals surface area contributed by atoms with Gasteiger partial charge in [-0.3, -0.25) is 9.59 Å². The highest BCUT2D eigenvalue weighted by atomic mass is 19.1. The van der Waals surface area contributed by atoms with Gasteiger partial charge in [0.2, 0.25) is 11.8 Å². The molecule has 0 aliphatic carbocycles. The lowest BCUT2D eigenvalue weighted by Crippen LogP contribution is -2.51. The Morgan fingerprint density at radius 3 is 2.41 bits per heavy atom. The van der Waals surface area contributed by atoms with Crippen molar-refractivity contribution < 1.29 is 14.0 Å². The second kappa shape index (κ2) is 9.13. The highest BCUT2D eigenvalue weighted by Crippen LogP contribution is 2.22. The molecule has 2 N–H and O–H groups in total. The Bertz CT molecular complexity index is 1110. The maximum Gasteiger partial charge on any atom is 0.248 e.